The van der Waals surface area contributed by atoms with Crippen molar-refractivity contribution in [1.82, 2.24) is 25.1 Å². The Morgan fingerprint density at radius 3 is 2.69 bits per heavy atom. The van der Waals surface area contributed by atoms with Gasteiger partial charge >= 0.3 is 0 Å². The summed E-state index contributed by atoms with van der Waals surface area (Å²) in [5.41, 5.74) is 4.91. The van der Waals surface area contributed by atoms with Crippen LogP contribution < -0.4 is 10.1 Å². The highest BCUT2D eigenvalue weighted by Crippen LogP contribution is 2.17. The van der Waals surface area contributed by atoms with E-state index in [9.17, 15) is 4.79 Å². The topological polar surface area (TPSA) is 81.4 Å². The lowest BCUT2D eigenvalue weighted by Crippen LogP contribution is -2.26. The third-order valence-electron chi connectivity index (χ3n) is 4.51. The number of nitrogens with zero attached hydrogens (tertiary/aromatic N) is 4. The van der Waals surface area contributed by atoms with Crippen molar-refractivity contribution in [3.63, 3.8) is 0 Å². The van der Waals surface area contributed by atoms with Crippen LogP contribution in [0.25, 0.3) is 5.65 Å². The van der Waals surface area contributed by atoms with Gasteiger partial charge in [-0.05, 0) is 49.9 Å². The van der Waals surface area contributed by atoms with Crippen LogP contribution in [-0.4, -0.2) is 39.4 Å². The van der Waals surface area contributed by atoms with Crippen molar-refractivity contribution in [2.75, 3.05) is 13.7 Å². The summed E-state index contributed by atoms with van der Waals surface area (Å²) in [6, 6.07) is 7.88. The molecule has 136 valence electrons. The van der Waals surface area contributed by atoms with Gasteiger partial charge in [0.1, 0.15) is 12.1 Å². The molecule has 0 unspecified atom stereocenters. The molecule has 1 aromatic carbocycles. The smallest absolute Gasteiger partial charge is 0.220 e. The Kier molecular flexibility index (Phi) is 5.46. The number of ether oxygens (including phenoxy) is 1. The first kappa shape index (κ1) is 17.8. The number of amides is 1. The number of methoxy groups -OCH3 is 1. The molecule has 0 radical (unpaired) electrons. The number of nitrogens with one attached hydrogen (secondary N) is 1. The number of hydrogen-bond donors (Lipinski definition) is 1. The second kappa shape index (κ2) is 7.95. The zero-order chi connectivity index (χ0) is 18.5. The van der Waals surface area contributed by atoms with E-state index in [0.717, 1.165) is 34.6 Å². The monoisotopic (exact) mass is 353 g/mol. The Labute approximate surface area is 152 Å². The SMILES string of the molecule is COc1ccc(CCNC(=O)CCc2c(C)nn3cnnc3c2C)cc1. The number of carbonyl (C=O) groups excluding carboxylic acids is 1. The molecule has 1 N–H and O–H groups in total. The summed E-state index contributed by atoms with van der Waals surface area (Å²) in [5.74, 6) is 0.875. The molecule has 0 bridgehead atoms. The van der Waals surface area contributed by atoms with Gasteiger partial charge in [0.05, 0.1) is 12.8 Å². The van der Waals surface area contributed by atoms with Gasteiger partial charge in [0, 0.05) is 18.5 Å². The molecule has 0 saturated carbocycles. The van der Waals surface area contributed by atoms with E-state index in [1.165, 1.54) is 5.56 Å². The molecular formula is C19H23N5O2. The first-order valence-corrected chi connectivity index (χ1v) is 8.64. The predicted octanol–water partition coefficient (Wildman–Crippen LogP) is 2.04. The zero-order valence-corrected chi connectivity index (χ0v) is 15.3. The van der Waals surface area contributed by atoms with Gasteiger partial charge in [0.25, 0.3) is 0 Å². The number of aryl methyl sites for hydroxylation is 2. The van der Waals surface area contributed by atoms with Crippen LogP contribution in [-0.2, 0) is 17.6 Å². The van der Waals surface area contributed by atoms with Gasteiger partial charge in [-0.15, -0.1) is 10.2 Å². The second-order valence-electron chi connectivity index (χ2n) is 6.24. The quantitative estimate of drug-likeness (QED) is 0.703. The Hall–Kier alpha value is -2.96. The standard InChI is InChI=1S/C19H23N5O2/c1-13-17(14(2)23-24-12-21-22-19(13)24)8-9-18(25)20-11-10-15-4-6-16(26-3)7-5-15/h4-7,12H,8-11H2,1-3H3,(H,20,25). The van der Waals surface area contributed by atoms with Crippen molar-refractivity contribution >= 4 is 11.6 Å². The summed E-state index contributed by atoms with van der Waals surface area (Å²) in [5, 5.41) is 15.4. The van der Waals surface area contributed by atoms with Crippen LogP contribution in [0.4, 0.5) is 0 Å². The molecule has 7 heteroatoms. The summed E-state index contributed by atoms with van der Waals surface area (Å²) in [7, 11) is 1.65. The molecule has 0 atom stereocenters. The highest BCUT2D eigenvalue weighted by Gasteiger charge is 2.12. The normalized spacial score (nSPS) is 10.9. The Bertz CT molecular complexity index is 902. The van der Waals surface area contributed by atoms with E-state index in [2.05, 4.69) is 20.6 Å². The number of hydrogen-bond acceptors (Lipinski definition) is 5. The van der Waals surface area contributed by atoms with E-state index < -0.39 is 0 Å². The third kappa shape index (κ3) is 3.99. The first-order chi connectivity index (χ1) is 12.6. The fourth-order valence-electron chi connectivity index (χ4n) is 3.01. The zero-order valence-electron chi connectivity index (χ0n) is 15.3. The number of carbonyl (C=O) groups is 1. The molecule has 0 spiro atoms. The van der Waals surface area contributed by atoms with Crippen molar-refractivity contribution in [3.05, 3.63) is 53.0 Å². The fourth-order valence-corrected chi connectivity index (χ4v) is 3.01. The number of aromatic nitrogens is 4. The maximum absolute atomic E-state index is 12.2. The van der Waals surface area contributed by atoms with Crippen LogP contribution in [0.2, 0.25) is 0 Å². The van der Waals surface area contributed by atoms with Crippen molar-refractivity contribution in [2.45, 2.75) is 33.1 Å². The van der Waals surface area contributed by atoms with Gasteiger partial charge < -0.3 is 10.1 Å². The lowest BCUT2D eigenvalue weighted by molar-refractivity contribution is -0.121. The molecule has 7 nitrogen and oxygen atoms in total. The van der Waals surface area contributed by atoms with Gasteiger partial charge in [0.15, 0.2) is 5.65 Å². The van der Waals surface area contributed by atoms with Crippen LogP contribution in [0.15, 0.2) is 30.6 Å². The molecular weight excluding hydrogens is 330 g/mol. The van der Waals surface area contributed by atoms with Crippen molar-refractivity contribution in [1.29, 1.82) is 0 Å². The molecule has 0 fully saturated rings. The Balaban J connectivity index is 1.51. The van der Waals surface area contributed by atoms with E-state index in [-0.39, 0.29) is 5.91 Å². The van der Waals surface area contributed by atoms with E-state index in [1.807, 2.05) is 38.1 Å². The van der Waals surface area contributed by atoms with Crippen LogP contribution in [0, 0.1) is 13.8 Å². The van der Waals surface area contributed by atoms with Gasteiger partial charge in [-0.25, -0.2) is 4.52 Å². The van der Waals surface area contributed by atoms with Gasteiger partial charge in [-0.3, -0.25) is 4.79 Å². The summed E-state index contributed by atoms with van der Waals surface area (Å²) in [4.78, 5) is 12.2. The molecule has 0 aliphatic heterocycles. The Morgan fingerprint density at radius 2 is 1.96 bits per heavy atom. The van der Waals surface area contributed by atoms with E-state index in [1.54, 1.807) is 18.0 Å². The molecule has 2 aromatic heterocycles. The van der Waals surface area contributed by atoms with Gasteiger partial charge in [-0.1, -0.05) is 12.1 Å². The lowest BCUT2D eigenvalue weighted by Gasteiger charge is -2.10. The number of rotatable bonds is 7. The number of benzene rings is 1. The maximum atomic E-state index is 12.2. The van der Waals surface area contributed by atoms with Crippen molar-refractivity contribution in [2.24, 2.45) is 0 Å². The molecule has 3 aromatic rings. The van der Waals surface area contributed by atoms with Crippen molar-refractivity contribution in [3.8, 4) is 5.75 Å². The van der Waals surface area contributed by atoms with Crippen molar-refractivity contribution < 1.29 is 9.53 Å². The molecule has 1 amide bonds. The van der Waals surface area contributed by atoms with Crippen LogP contribution in [0.5, 0.6) is 5.75 Å². The van der Waals surface area contributed by atoms with Gasteiger partial charge in [0.2, 0.25) is 5.91 Å². The molecule has 0 saturated heterocycles. The summed E-state index contributed by atoms with van der Waals surface area (Å²) in [6.45, 7) is 4.56. The molecule has 26 heavy (non-hydrogen) atoms. The minimum Gasteiger partial charge on any atom is -0.497 e. The van der Waals surface area contributed by atoms with E-state index in [4.69, 9.17) is 4.74 Å². The second-order valence-corrected chi connectivity index (χ2v) is 6.24. The number of fused-ring (bicyclic) bond motifs is 1. The minimum absolute atomic E-state index is 0.0404. The summed E-state index contributed by atoms with van der Waals surface area (Å²) in [6.07, 6.45) is 3.45. The first-order valence-electron chi connectivity index (χ1n) is 8.64. The lowest BCUT2D eigenvalue weighted by atomic mass is 10.0. The van der Waals surface area contributed by atoms with E-state index in [0.29, 0.717) is 19.4 Å². The minimum atomic E-state index is 0.0404. The molecule has 2 heterocycles. The molecule has 0 aliphatic carbocycles. The predicted molar refractivity (Wildman–Crippen MR) is 98.3 cm³/mol. The summed E-state index contributed by atoms with van der Waals surface area (Å²) < 4.78 is 6.81. The average Bonchev–Trinajstić information content (AvgIpc) is 3.10. The fraction of sp³-hybridized carbons (Fsp3) is 0.368. The average molecular weight is 353 g/mol. The van der Waals surface area contributed by atoms with Crippen LogP contribution >= 0.6 is 0 Å². The highest BCUT2D eigenvalue weighted by atomic mass is 16.5. The largest absolute Gasteiger partial charge is 0.497 e. The van der Waals surface area contributed by atoms with E-state index >= 15 is 0 Å². The molecule has 3 rings (SSSR count). The van der Waals surface area contributed by atoms with Gasteiger partial charge in [-0.2, -0.15) is 5.10 Å². The molecule has 0 aliphatic rings. The third-order valence-corrected chi connectivity index (χ3v) is 4.51. The van der Waals surface area contributed by atoms with Crippen LogP contribution in [0.1, 0.15) is 28.8 Å². The highest BCUT2D eigenvalue weighted by molar-refractivity contribution is 5.76. The maximum Gasteiger partial charge on any atom is 0.220 e. The van der Waals surface area contributed by atoms with Crippen LogP contribution in [0.3, 0.4) is 0 Å². The Morgan fingerprint density at radius 1 is 1.19 bits per heavy atom. The summed E-state index contributed by atoms with van der Waals surface area (Å²) >= 11 is 0.